The van der Waals surface area contributed by atoms with Gasteiger partial charge in [-0.05, 0) is 30.9 Å². The SMILES string of the molecule is C[SiH](C#CCC1CCCCC1)c1ccccn1. The molecule has 0 bridgehead atoms. The molecule has 0 spiro atoms. The Morgan fingerprint density at radius 1 is 1.29 bits per heavy atom. The highest BCUT2D eigenvalue weighted by Crippen LogP contribution is 2.25. The zero-order valence-corrected chi connectivity index (χ0v) is 11.8. The first kappa shape index (κ1) is 12.4. The largest absolute Gasteiger partial charge is 0.265 e. The third-order valence-electron chi connectivity index (χ3n) is 3.57. The summed E-state index contributed by atoms with van der Waals surface area (Å²) in [5, 5.41) is 1.23. The lowest BCUT2D eigenvalue weighted by Crippen LogP contribution is -2.27. The fourth-order valence-corrected chi connectivity index (χ4v) is 3.74. The topological polar surface area (TPSA) is 12.9 Å². The molecule has 1 saturated carbocycles. The minimum Gasteiger partial charge on any atom is -0.265 e. The molecule has 1 atom stereocenters. The van der Waals surface area contributed by atoms with Crippen LogP contribution in [0, 0.1) is 17.4 Å². The Bertz CT molecular complexity index is 384. The summed E-state index contributed by atoms with van der Waals surface area (Å²) < 4.78 is 0. The first-order valence-electron chi connectivity index (χ1n) is 6.75. The molecule has 1 aliphatic carbocycles. The van der Waals surface area contributed by atoms with E-state index >= 15 is 0 Å². The zero-order chi connectivity index (χ0) is 11.9. The number of aromatic nitrogens is 1. The third-order valence-corrected chi connectivity index (χ3v) is 5.43. The quantitative estimate of drug-likeness (QED) is 0.575. The Kier molecular flexibility index (Phi) is 4.82. The summed E-state index contributed by atoms with van der Waals surface area (Å²) in [6.45, 7) is 2.27. The molecule has 0 amide bonds. The molecule has 0 aliphatic heterocycles. The normalized spacial score (nSPS) is 18.2. The van der Waals surface area contributed by atoms with Gasteiger partial charge in [-0.15, -0.1) is 11.5 Å². The summed E-state index contributed by atoms with van der Waals surface area (Å²) in [4.78, 5) is 4.40. The third kappa shape index (κ3) is 4.01. The van der Waals surface area contributed by atoms with Crippen LogP contribution in [0.3, 0.4) is 0 Å². The van der Waals surface area contributed by atoms with Gasteiger partial charge in [0.25, 0.3) is 0 Å². The molecule has 0 saturated heterocycles. The van der Waals surface area contributed by atoms with E-state index in [-0.39, 0.29) is 0 Å². The maximum absolute atomic E-state index is 4.40. The van der Waals surface area contributed by atoms with Crippen LogP contribution in [-0.4, -0.2) is 13.8 Å². The Morgan fingerprint density at radius 2 is 2.12 bits per heavy atom. The molecule has 1 aliphatic rings. The predicted octanol–water partition coefficient (Wildman–Crippen LogP) is 2.66. The summed E-state index contributed by atoms with van der Waals surface area (Å²) in [6, 6.07) is 6.15. The van der Waals surface area contributed by atoms with Gasteiger partial charge in [-0.1, -0.05) is 31.9 Å². The molecule has 2 heteroatoms. The Hall–Kier alpha value is -1.07. The summed E-state index contributed by atoms with van der Waals surface area (Å²) >= 11 is 0. The highest BCUT2D eigenvalue weighted by Gasteiger charge is 2.11. The van der Waals surface area contributed by atoms with Gasteiger partial charge in [0.1, 0.15) is 0 Å². The summed E-state index contributed by atoms with van der Waals surface area (Å²) in [5.41, 5.74) is 3.47. The van der Waals surface area contributed by atoms with Crippen molar-refractivity contribution < 1.29 is 0 Å². The van der Waals surface area contributed by atoms with Crippen LogP contribution in [0.2, 0.25) is 6.55 Å². The van der Waals surface area contributed by atoms with Gasteiger partial charge in [0, 0.05) is 17.9 Å². The molecule has 90 valence electrons. The van der Waals surface area contributed by atoms with Gasteiger partial charge in [-0.2, -0.15) is 0 Å². The molecule has 0 aromatic carbocycles. The van der Waals surface area contributed by atoms with Gasteiger partial charge >= 0.3 is 0 Å². The van der Waals surface area contributed by atoms with E-state index in [4.69, 9.17) is 0 Å². The molecule has 1 fully saturated rings. The molecular formula is C15H21NSi. The number of hydrogen-bond donors (Lipinski definition) is 0. The first-order valence-corrected chi connectivity index (χ1v) is 9.06. The van der Waals surface area contributed by atoms with E-state index in [1.807, 2.05) is 12.3 Å². The molecule has 0 radical (unpaired) electrons. The van der Waals surface area contributed by atoms with E-state index in [1.54, 1.807) is 0 Å². The van der Waals surface area contributed by atoms with Crippen molar-refractivity contribution in [3.63, 3.8) is 0 Å². The van der Waals surface area contributed by atoms with Crippen molar-refractivity contribution in [2.45, 2.75) is 45.1 Å². The lowest BCUT2D eigenvalue weighted by molar-refractivity contribution is 0.365. The number of nitrogens with zero attached hydrogens (tertiary/aromatic N) is 1. The number of rotatable bonds is 2. The number of pyridine rings is 1. The second-order valence-corrected chi connectivity index (χ2v) is 7.33. The van der Waals surface area contributed by atoms with E-state index in [0.717, 1.165) is 12.3 Å². The molecule has 1 unspecified atom stereocenters. The van der Waals surface area contributed by atoms with Gasteiger partial charge < -0.3 is 0 Å². The second kappa shape index (κ2) is 6.61. The van der Waals surface area contributed by atoms with Gasteiger partial charge in [0.2, 0.25) is 0 Å². The van der Waals surface area contributed by atoms with Crippen LogP contribution in [-0.2, 0) is 0 Å². The van der Waals surface area contributed by atoms with Crippen molar-refractivity contribution in [2.24, 2.45) is 5.92 Å². The molecule has 1 nitrogen and oxygen atoms in total. The first-order chi connectivity index (χ1) is 8.36. The molecule has 2 rings (SSSR count). The van der Waals surface area contributed by atoms with E-state index < -0.39 is 8.80 Å². The maximum Gasteiger partial charge on any atom is 0.173 e. The smallest absolute Gasteiger partial charge is 0.173 e. The lowest BCUT2D eigenvalue weighted by atomic mass is 9.87. The Balaban J connectivity index is 1.84. The van der Waals surface area contributed by atoms with E-state index in [2.05, 4.69) is 35.1 Å². The van der Waals surface area contributed by atoms with Crippen molar-refractivity contribution in [3.05, 3.63) is 24.4 Å². The second-order valence-electron chi connectivity index (χ2n) is 5.01. The molecular weight excluding hydrogens is 222 g/mol. The molecule has 1 aromatic rings. The van der Waals surface area contributed by atoms with Gasteiger partial charge in [-0.25, -0.2) is 0 Å². The predicted molar refractivity (Wildman–Crippen MR) is 75.9 cm³/mol. The highest BCUT2D eigenvalue weighted by atomic mass is 28.3. The lowest BCUT2D eigenvalue weighted by Gasteiger charge is -2.18. The summed E-state index contributed by atoms with van der Waals surface area (Å²) in [5.74, 6) is 4.30. The van der Waals surface area contributed by atoms with Crippen molar-refractivity contribution in [2.75, 3.05) is 0 Å². The van der Waals surface area contributed by atoms with Crippen LogP contribution >= 0.6 is 0 Å². The zero-order valence-electron chi connectivity index (χ0n) is 10.7. The van der Waals surface area contributed by atoms with Crippen LogP contribution in [0.1, 0.15) is 38.5 Å². The van der Waals surface area contributed by atoms with Crippen molar-refractivity contribution >= 4 is 14.1 Å². The molecule has 1 heterocycles. The Labute approximate surface area is 106 Å². The molecule has 17 heavy (non-hydrogen) atoms. The van der Waals surface area contributed by atoms with Crippen molar-refractivity contribution in [1.82, 2.24) is 4.98 Å². The standard InChI is InChI=1S/C15H21NSi/c1-17(15-11-5-6-12-16-15)13-7-10-14-8-3-2-4-9-14/h5-6,11-12,14,17H,2-4,8-10H2,1H3. The Morgan fingerprint density at radius 3 is 2.82 bits per heavy atom. The van der Waals surface area contributed by atoms with Crippen LogP contribution < -0.4 is 5.32 Å². The average molecular weight is 243 g/mol. The van der Waals surface area contributed by atoms with E-state index in [1.165, 1.54) is 37.4 Å². The molecule has 0 N–H and O–H groups in total. The minimum absolute atomic E-state index is 0.876. The van der Waals surface area contributed by atoms with E-state index in [0.29, 0.717) is 0 Å². The van der Waals surface area contributed by atoms with E-state index in [9.17, 15) is 0 Å². The fourth-order valence-electron chi connectivity index (χ4n) is 2.45. The van der Waals surface area contributed by atoms with Crippen LogP contribution in [0.25, 0.3) is 0 Å². The van der Waals surface area contributed by atoms with Crippen molar-refractivity contribution in [3.8, 4) is 11.5 Å². The fraction of sp³-hybridized carbons (Fsp3) is 0.533. The van der Waals surface area contributed by atoms with Crippen LogP contribution in [0.4, 0.5) is 0 Å². The maximum atomic E-state index is 4.40. The van der Waals surface area contributed by atoms with Gasteiger partial charge in [-0.3, -0.25) is 4.98 Å². The van der Waals surface area contributed by atoms with Gasteiger partial charge in [0.05, 0.1) is 0 Å². The summed E-state index contributed by atoms with van der Waals surface area (Å²) in [7, 11) is -1.10. The van der Waals surface area contributed by atoms with Crippen LogP contribution in [0.15, 0.2) is 24.4 Å². The average Bonchev–Trinajstić information content (AvgIpc) is 2.41. The monoisotopic (exact) mass is 243 g/mol. The van der Waals surface area contributed by atoms with Crippen molar-refractivity contribution in [1.29, 1.82) is 0 Å². The minimum atomic E-state index is -1.10. The number of hydrogen-bond acceptors (Lipinski definition) is 1. The summed E-state index contributed by atoms with van der Waals surface area (Å²) in [6.07, 6.45) is 10.1. The molecule has 1 aromatic heterocycles. The van der Waals surface area contributed by atoms with Crippen LogP contribution in [0.5, 0.6) is 0 Å². The highest BCUT2D eigenvalue weighted by molar-refractivity contribution is 6.78. The van der Waals surface area contributed by atoms with Gasteiger partial charge in [0.15, 0.2) is 8.80 Å².